The van der Waals surface area contributed by atoms with E-state index in [4.69, 9.17) is 0 Å². The summed E-state index contributed by atoms with van der Waals surface area (Å²) in [6.07, 6.45) is 3.70. The number of carbonyl (C=O) groups excluding carboxylic acids is 6. The first kappa shape index (κ1) is 64.0. The van der Waals surface area contributed by atoms with Crippen LogP contribution < -0.4 is 28.4 Å². The third-order valence-electron chi connectivity index (χ3n) is 9.55. The van der Waals surface area contributed by atoms with E-state index >= 15 is 0 Å². The molecular weight excluding hydrogens is 1140 g/mol. The van der Waals surface area contributed by atoms with Gasteiger partial charge in [0.1, 0.15) is 34.8 Å². The van der Waals surface area contributed by atoms with Crippen LogP contribution in [0.2, 0.25) is 0 Å². The summed E-state index contributed by atoms with van der Waals surface area (Å²) in [7, 11) is 0. The molecule has 6 rings (SSSR count). The standard InChI is InChI=1S/C18H6F8O4.2C18H10F4O4/c1-3-5(27)29-17-13(23)9(19)7(10(20)14(17)24)8-11(21)15(25)18(16(26)12(8)22)30-6(28)4-2;1-3-15(23)25-9-5-11(19)17(12(20)6-9)18-13(21)7-10(8-14(18)22)26-16(24)4-2;1-3-15(23)25-17-11(19)5-9(6-12(17)20)10-7-13(21)18(14(22)8-10)26-16(24)4-2/h3-4H,1-2H2;2*3-8H,1-2H2. The predicted molar refractivity (Wildman–Crippen MR) is 250 cm³/mol. The average molecular weight is 1170 g/mol. The van der Waals surface area contributed by atoms with E-state index in [0.29, 0.717) is 48.6 Å². The van der Waals surface area contributed by atoms with Crippen molar-refractivity contribution in [1.82, 2.24) is 0 Å². The number of halogens is 16. The number of benzene rings is 6. The van der Waals surface area contributed by atoms with Gasteiger partial charge in [0.05, 0.1) is 22.3 Å². The van der Waals surface area contributed by atoms with Gasteiger partial charge in [-0.2, -0.15) is 17.6 Å². The molecule has 0 radical (unpaired) electrons. The molecule has 12 nitrogen and oxygen atoms in total. The fraction of sp³-hybridized carbons (Fsp3) is 0. The number of esters is 6. The minimum absolute atomic E-state index is 0.238. The second kappa shape index (κ2) is 27.4. The second-order valence-electron chi connectivity index (χ2n) is 14.7. The lowest BCUT2D eigenvalue weighted by Crippen LogP contribution is -2.13. The van der Waals surface area contributed by atoms with Crippen LogP contribution in [0.15, 0.2) is 124 Å². The lowest BCUT2D eigenvalue weighted by atomic mass is 10.0. The molecule has 0 amide bonds. The number of hydrogen-bond donors (Lipinski definition) is 0. The lowest BCUT2D eigenvalue weighted by Gasteiger charge is -2.15. The Kier molecular flexibility index (Phi) is 21.4. The Morgan fingerprint density at radius 3 is 0.659 bits per heavy atom. The first-order valence-corrected chi connectivity index (χ1v) is 21.2. The number of carbonyl (C=O) groups is 6. The van der Waals surface area contributed by atoms with Gasteiger partial charge in [-0.25, -0.2) is 81.5 Å². The SMILES string of the molecule is C=CC(=O)Oc1c(F)c(F)c(-c2c(F)c(F)c(OC(=O)C=C)c(F)c2F)c(F)c1F.C=CC(=O)Oc1c(F)cc(-c2cc(F)c(OC(=O)C=C)c(F)c2)cc1F.C=CC(=O)Oc1cc(F)c(-c2c(F)cc(OC(=O)C=C)cc2F)c(F)c1. The fourth-order valence-corrected chi connectivity index (χ4v) is 6.07. The summed E-state index contributed by atoms with van der Waals surface area (Å²) in [5.41, 5.74) is -6.90. The summed E-state index contributed by atoms with van der Waals surface area (Å²) in [5.74, 6) is -44.6. The van der Waals surface area contributed by atoms with E-state index in [1.54, 1.807) is 0 Å². The van der Waals surface area contributed by atoms with Crippen LogP contribution in [0, 0.1) is 93.1 Å². The summed E-state index contributed by atoms with van der Waals surface area (Å²) in [4.78, 5) is 66.3. The largest absolute Gasteiger partial charge is 0.423 e. The zero-order valence-corrected chi connectivity index (χ0v) is 40.3. The molecule has 6 aromatic rings. The van der Waals surface area contributed by atoms with Gasteiger partial charge in [-0.05, 0) is 35.4 Å². The maximum Gasteiger partial charge on any atom is 0.335 e. The molecule has 0 unspecified atom stereocenters. The molecule has 0 aliphatic heterocycles. The summed E-state index contributed by atoms with van der Waals surface area (Å²) in [6.45, 7) is 18.2. The van der Waals surface area contributed by atoms with Crippen LogP contribution in [0.25, 0.3) is 33.4 Å². The molecule has 0 heterocycles. The van der Waals surface area contributed by atoms with Crippen molar-refractivity contribution in [3.63, 3.8) is 0 Å². The average Bonchev–Trinajstić information content (AvgIpc) is 3.44. The van der Waals surface area contributed by atoms with Crippen molar-refractivity contribution < 1.29 is 127 Å². The van der Waals surface area contributed by atoms with Crippen molar-refractivity contribution in [3.05, 3.63) is 218 Å². The quantitative estimate of drug-likeness (QED) is 0.0315. The Morgan fingerprint density at radius 1 is 0.256 bits per heavy atom. The smallest absolute Gasteiger partial charge is 0.335 e. The molecule has 0 fully saturated rings. The van der Waals surface area contributed by atoms with Crippen LogP contribution in [-0.2, 0) is 28.8 Å². The Balaban J connectivity index is 0.000000265. The van der Waals surface area contributed by atoms with Gasteiger partial charge < -0.3 is 28.4 Å². The summed E-state index contributed by atoms with van der Waals surface area (Å²) in [5, 5.41) is 0. The van der Waals surface area contributed by atoms with Crippen LogP contribution in [-0.4, -0.2) is 35.8 Å². The minimum atomic E-state index is -2.55. The number of hydrogen-bond acceptors (Lipinski definition) is 12. The van der Waals surface area contributed by atoms with Gasteiger partial charge in [0, 0.05) is 60.7 Å². The van der Waals surface area contributed by atoms with Crippen molar-refractivity contribution in [3.8, 4) is 67.9 Å². The molecule has 0 aliphatic carbocycles. The molecule has 82 heavy (non-hydrogen) atoms. The monoisotopic (exact) mass is 1170 g/mol. The van der Waals surface area contributed by atoms with E-state index in [0.717, 1.165) is 36.4 Å². The number of ether oxygens (including phenoxy) is 6. The zero-order valence-electron chi connectivity index (χ0n) is 40.3. The van der Waals surface area contributed by atoms with Crippen molar-refractivity contribution in [2.45, 2.75) is 0 Å². The van der Waals surface area contributed by atoms with Crippen molar-refractivity contribution >= 4 is 35.8 Å². The molecule has 0 saturated heterocycles. The lowest BCUT2D eigenvalue weighted by molar-refractivity contribution is -0.130. The molecule has 0 aliphatic rings. The molecule has 6 aromatic carbocycles. The summed E-state index contributed by atoms with van der Waals surface area (Å²) < 4.78 is 252. The molecule has 28 heteroatoms. The molecule has 0 saturated carbocycles. The molecular formula is C54H26F16O12. The first-order chi connectivity index (χ1) is 38.5. The second-order valence-corrected chi connectivity index (χ2v) is 14.7. The van der Waals surface area contributed by atoms with Crippen LogP contribution in [0.5, 0.6) is 34.5 Å². The van der Waals surface area contributed by atoms with Gasteiger partial charge in [0.15, 0.2) is 46.5 Å². The summed E-state index contributed by atoms with van der Waals surface area (Å²) in [6, 6.07) is 5.23. The van der Waals surface area contributed by atoms with E-state index in [2.05, 4.69) is 67.9 Å². The van der Waals surface area contributed by atoms with Crippen molar-refractivity contribution in [2.75, 3.05) is 0 Å². The Hall–Kier alpha value is -10.5. The zero-order chi connectivity index (χ0) is 61.8. The molecule has 0 atom stereocenters. The third-order valence-corrected chi connectivity index (χ3v) is 9.55. The van der Waals surface area contributed by atoms with Gasteiger partial charge in [-0.15, -0.1) is 0 Å². The first-order valence-electron chi connectivity index (χ1n) is 21.2. The van der Waals surface area contributed by atoms with Gasteiger partial charge in [-0.1, -0.05) is 39.5 Å². The Bertz CT molecular complexity index is 3320. The predicted octanol–water partition coefficient (Wildman–Crippen LogP) is 12.8. The highest BCUT2D eigenvalue weighted by molar-refractivity contribution is 5.87. The van der Waals surface area contributed by atoms with E-state index < -0.39 is 186 Å². The van der Waals surface area contributed by atoms with Crippen LogP contribution in [0.1, 0.15) is 0 Å². The van der Waals surface area contributed by atoms with Gasteiger partial charge in [0.25, 0.3) is 0 Å². The van der Waals surface area contributed by atoms with E-state index in [-0.39, 0.29) is 11.1 Å². The molecule has 0 N–H and O–H groups in total. The maximum absolute atomic E-state index is 14.3. The normalized spacial score (nSPS) is 10.3. The minimum Gasteiger partial charge on any atom is -0.423 e. The molecule has 0 spiro atoms. The molecule has 426 valence electrons. The highest BCUT2D eigenvalue weighted by Gasteiger charge is 2.36. The fourth-order valence-electron chi connectivity index (χ4n) is 6.07. The molecule has 0 aromatic heterocycles. The van der Waals surface area contributed by atoms with Crippen LogP contribution >= 0.6 is 0 Å². The van der Waals surface area contributed by atoms with Crippen molar-refractivity contribution in [2.24, 2.45) is 0 Å². The van der Waals surface area contributed by atoms with E-state index in [1.807, 2.05) is 0 Å². The van der Waals surface area contributed by atoms with Gasteiger partial charge in [-0.3, -0.25) is 0 Å². The van der Waals surface area contributed by atoms with Crippen molar-refractivity contribution in [1.29, 1.82) is 0 Å². The molecule has 0 bridgehead atoms. The Morgan fingerprint density at radius 2 is 0.451 bits per heavy atom. The summed E-state index contributed by atoms with van der Waals surface area (Å²) >= 11 is 0. The highest BCUT2D eigenvalue weighted by atomic mass is 19.2. The van der Waals surface area contributed by atoms with Crippen LogP contribution in [0.3, 0.4) is 0 Å². The topological polar surface area (TPSA) is 158 Å². The number of rotatable bonds is 15. The van der Waals surface area contributed by atoms with Gasteiger partial charge >= 0.3 is 35.8 Å². The van der Waals surface area contributed by atoms with E-state index in [1.165, 1.54) is 0 Å². The highest BCUT2D eigenvalue weighted by Crippen LogP contribution is 2.42. The maximum atomic E-state index is 14.3. The third kappa shape index (κ3) is 14.6. The van der Waals surface area contributed by atoms with E-state index in [9.17, 15) is 99.0 Å². The van der Waals surface area contributed by atoms with Crippen LogP contribution in [0.4, 0.5) is 70.2 Å². The van der Waals surface area contributed by atoms with Gasteiger partial charge in [0.2, 0.25) is 46.3 Å². The Labute approximate surface area is 447 Å².